The van der Waals surface area contributed by atoms with Gasteiger partial charge in [0.15, 0.2) is 0 Å². The van der Waals surface area contributed by atoms with E-state index in [1.165, 1.54) is 19.3 Å². The molecule has 1 saturated heterocycles. The van der Waals surface area contributed by atoms with E-state index in [0.29, 0.717) is 12.6 Å². The van der Waals surface area contributed by atoms with Crippen molar-refractivity contribution >= 4 is 5.91 Å². The third-order valence-corrected chi connectivity index (χ3v) is 3.16. The Labute approximate surface area is 104 Å². The SMILES string of the molecule is CCCNC(=O)C(C)OCCC1CCCCN1. The molecule has 1 rings (SSSR count). The van der Waals surface area contributed by atoms with Crippen LogP contribution in [0.4, 0.5) is 0 Å². The second kappa shape index (κ2) is 8.48. The van der Waals surface area contributed by atoms with Gasteiger partial charge in [0, 0.05) is 19.2 Å². The van der Waals surface area contributed by atoms with Crippen molar-refractivity contribution in [1.29, 1.82) is 0 Å². The molecular formula is C13H26N2O2. The fourth-order valence-corrected chi connectivity index (χ4v) is 2.03. The molecule has 2 N–H and O–H groups in total. The lowest BCUT2D eigenvalue weighted by Gasteiger charge is -2.23. The quantitative estimate of drug-likeness (QED) is 0.710. The van der Waals surface area contributed by atoms with Gasteiger partial charge in [-0.3, -0.25) is 4.79 Å². The van der Waals surface area contributed by atoms with E-state index in [9.17, 15) is 4.79 Å². The first kappa shape index (κ1) is 14.5. The summed E-state index contributed by atoms with van der Waals surface area (Å²) in [5.74, 6) is 0.00320. The molecule has 0 aliphatic carbocycles. The first-order valence-corrected chi connectivity index (χ1v) is 6.86. The summed E-state index contributed by atoms with van der Waals surface area (Å²) in [5, 5.41) is 6.32. The highest BCUT2D eigenvalue weighted by molar-refractivity contribution is 5.80. The summed E-state index contributed by atoms with van der Waals surface area (Å²) in [6, 6.07) is 0.578. The van der Waals surface area contributed by atoms with Crippen LogP contribution < -0.4 is 10.6 Å². The lowest BCUT2D eigenvalue weighted by Crippen LogP contribution is -2.37. The molecule has 100 valence electrons. The third kappa shape index (κ3) is 6.03. The molecule has 0 bridgehead atoms. The van der Waals surface area contributed by atoms with E-state index in [-0.39, 0.29) is 12.0 Å². The first-order chi connectivity index (χ1) is 8.24. The van der Waals surface area contributed by atoms with Gasteiger partial charge in [-0.2, -0.15) is 0 Å². The van der Waals surface area contributed by atoms with Crippen molar-refractivity contribution in [3.63, 3.8) is 0 Å². The summed E-state index contributed by atoms with van der Waals surface area (Å²) >= 11 is 0. The van der Waals surface area contributed by atoms with Crippen molar-refractivity contribution < 1.29 is 9.53 Å². The number of hydrogen-bond acceptors (Lipinski definition) is 3. The Morgan fingerprint density at radius 1 is 1.53 bits per heavy atom. The standard InChI is InChI=1S/C13H26N2O2/c1-3-8-15-13(16)11(2)17-10-7-12-6-4-5-9-14-12/h11-12,14H,3-10H2,1-2H3,(H,15,16). The summed E-state index contributed by atoms with van der Waals surface area (Å²) < 4.78 is 5.55. The minimum atomic E-state index is -0.329. The largest absolute Gasteiger partial charge is 0.369 e. The van der Waals surface area contributed by atoms with E-state index in [1.54, 1.807) is 0 Å². The lowest BCUT2D eigenvalue weighted by atomic mass is 10.0. The van der Waals surface area contributed by atoms with Gasteiger partial charge in [0.1, 0.15) is 6.10 Å². The summed E-state index contributed by atoms with van der Waals surface area (Å²) in [7, 11) is 0. The van der Waals surface area contributed by atoms with Crippen molar-refractivity contribution in [2.75, 3.05) is 19.7 Å². The first-order valence-electron chi connectivity index (χ1n) is 6.86. The molecule has 17 heavy (non-hydrogen) atoms. The van der Waals surface area contributed by atoms with Gasteiger partial charge in [0.05, 0.1) is 0 Å². The topological polar surface area (TPSA) is 50.4 Å². The number of carbonyl (C=O) groups is 1. The van der Waals surface area contributed by atoms with Gasteiger partial charge in [-0.1, -0.05) is 13.3 Å². The molecule has 0 spiro atoms. The number of carbonyl (C=O) groups excluding carboxylic acids is 1. The normalized spacial score (nSPS) is 22.1. The highest BCUT2D eigenvalue weighted by Gasteiger charge is 2.15. The van der Waals surface area contributed by atoms with Gasteiger partial charge in [-0.15, -0.1) is 0 Å². The minimum absolute atomic E-state index is 0.00320. The Balaban J connectivity index is 2.06. The van der Waals surface area contributed by atoms with Crippen LogP contribution in [0.3, 0.4) is 0 Å². The van der Waals surface area contributed by atoms with Crippen molar-refractivity contribution in [2.45, 2.75) is 58.1 Å². The van der Waals surface area contributed by atoms with Crippen LogP contribution in [0.2, 0.25) is 0 Å². The molecule has 1 aliphatic heterocycles. The predicted molar refractivity (Wildman–Crippen MR) is 69.0 cm³/mol. The Hall–Kier alpha value is -0.610. The molecule has 0 saturated carbocycles. The van der Waals surface area contributed by atoms with Crippen LogP contribution in [0.15, 0.2) is 0 Å². The van der Waals surface area contributed by atoms with E-state index < -0.39 is 0 Å². The fraction of sp³-hybridized carbons (Fsp3) is 0.923. The Kier molecular flexibility index (Phi) is 7.21. The predicted octanol–water partition coefficient (Wildman–Crippen LogP) is 1.45. The van der Waals surface area contributed by atoms with Gasteiger partial charge in [0.25, 0.3) is 0 Å². The van der Waals surface area contributed by atoms with Gasteiger partial charge in [-0.25, -0.2) is 0 Å². The van der Waals surface area contributed by atoms with E-state index in [2.05, 4.69) is 10.6 Å². The molecule has 4 heteroatoms. The van der Waals surface area contributed by atoms with Crippen LogP contribution in [0.25, 0.3) is 0 Å². The van der Waals surface area contributed by atoms with E-state index in [1.807, 2.05) is 13.8 Å². The van der Waals surface area contributed by atoms with Crippen molar-refractivity contribution in [3.8, 4) is 0 Å². The van der Waals surface area contributed by atoms with E-state index in [4.69, 9.17) is 4.74 Å². The van der Waals surface area contributed by atoms with Gasteiger partial charge in [-0.05, 0) is 39.2 Å². The van der Waals surface area contributed by atoms with Crippen LogP contribution in [-0.2, 0) is 9.53 Å². The van der Waals surface area contributed by atoms with E-state index >= 15 is 0 Å². The second-order valence-electron chi connectivity index (χ2n) is 4.74. The molecule has 2 unspecified atom stereocenters. The van der Waals surface area contributed by atoms with Crippen LogP contribution in [0.5, 0.6) is 0 Å². The molecule has 0 radical (unpaired) electrons. The number of hydrogen-bond donors (Lipinski definition) is 2. The van der Waals surface area contributed by atoms with Gasteiger partial charge >= 0.3 is 0 Å². The molecule has 0 aromatic rings. The van der Waals surface area contributed by atoms with Crippen LogP contribution in [-0.4, -0.2) is 37.7 Å². The monoisotopic (exact) mass is 242 g/mol. The fourth-order valence-electron chi connectivity index (χ4n) is 2.03. The molecule has 1 aliphatic rings. The van der Waals surface area contributed by atoms with Gasteiger partial charge < -0.3 is 15.4 Å². The highest BCUT2D eigenvalue weighted by atomic mass is 16.5. The minimum Gasteiger partial charge on any atom is -0.369 e. The smallest absolute Gasteiger partial charge is 0.248 e. The summed E-state index contributed by atoms with van der Waals surface area (Å²) in [4.78, 5) is 11.5. The number of piperidine rings is 1. The maximum absolute atomic E-state index is 11.5. The molecule has 2 atom stereocenters. The summed E-state index contributed by atoms with van der Waals surface area (Å²) in [6.07, 6.45) is 5.47. The molecule has 4 nitrogen and oxygen atoms in total. The zero-order valence-corrected chi connectivity index (χ0v) is 11.1. The van der Waals surface area contributed by atoms with Crippen molar-refractivity contribution in [1.82, 2.24) is 10.6 Å². The number of nitrogens with one attached hydrogen (secondary N) is 2. The highest BCUT2D eigenvalue weighted by Crippen LogP contribution is 2.10. The summed E-state index contributed by atoms with van der Waals surface area (Å²) in [6.45, 7) is 6.38. The Bertz CT molecular complexity index is 215. The molecule has 1 amide bonds. The number of amides is 1. The molecule has 1 heterocycles. The van der Waals surface area contributed by atoms with Gasteiger partial charge in [0.2, 0.25) is 5.91 Å². The lowest BCUT2D eigenvalue weighted by molar-refractivity contribution is -0.131. The average molecular weight is 242 g/mol. The molecule has 0 aromatic carbocycles. The Morgan fingerprint density at radius 2 is 2.35 bits per heavy atom. The summed E-state index contributed by atoms with van der Waals surface area (Å²) in [5.41, 5.74) is 0. The Morgan fingerprint density at radius 3 is 3.00 bits per heavy atom. The van der Waals surface area contributed by atoms with Crippen LogP contribution >= 0.6 is 0 Å². The third-order valence-electron chi connectivity index (χ3n) is 3.16. The van der Waals surface area contributed by atoms with E-state index in [0.717, 1.165) is 25.9 Å². The molecule has 0 aromatic heterocycles. The van der Waals surface area contributed by atoms with Crippen molar-refractivity contribution in [3.05, 3.63) is 0 Å². The number of rotatable bonds is 7. The molecule has 1 fully saturated rings. The average Bonchev–Trinajstić information content (AvgIpc) is 2.37. The maximum atomic E-state index is 11.5. The zero-order valence-electron chi connectivity index (χ0n) is 11.1. The molecular weight excluding hydrogens is 216 g/mol. The second-order valence-corrected chi connectivity index (χ2v) is 4.74. The number of ether oxygens (including phenoxy) is 1. The maximum Gasteiger partial charge on any atom is 0.248 e. The van der Waals surface area contributed by atoms with Crippen LogP contribution in [0, 0.1) is 0 Å². The zero-order chi connectivity index (χ0) is 12.5. The van der Waals surface area contributed by atoms with Crippen LogP contribution in [0.1, 0.15) is 46.0 Å². The van der Waals surface area contributed by atoms with Crippen molar-refractivity contribution in [2.24, 2.45) is 0 Å².